The highest BCUT2D eigenvalue weighted by Gasteiger charge is 2.19. The van der Waals surface area contributed by atoms with E-state index in [4.69, 9.17) is 0 Å². The second-order valence-electron chi connectivity index (χ2n) is 5.19. The van der Waals surface area contributed by atoms with Crippen LogP contribution in [0.25, 0.3) is 0 Å². The predicted octanol–water partition coefficient (Wildman–Crippen LogP) is 2.47. The summed E-state index contributed by atoms with van der Waals surface area (Å²) >= 11 is 1.30. The lowest BCUT2D eigenvalue weighted by atomic mass is 10.2. The maximum atomic E-state index is 12.9. The second kappa shape index (κ2) is 8.54. The normalized spacial score (nSPS) is 10.5. The molecule has 0 saturated carbocycles. The van der Waals surface area contributed by atoms with Crippen molar-refractivity contribution in [3.05, 3.63) is 51.7 Å². The lowest BCUT2D eigenvalue weighted by Gasteiger charge is -2.19. The number of nitrogens with one attached hydrogen (secondary N) is 1. The van der Waals surface area contributed by atoms with Gasteiger partial charge < -0.3 is 10.2 Å². The number of thiazole rings is 1. The van der Waals surface area contributed by atoms with Crippen LogP contribution >= 0.6 is 11.3 Å². The highest BCUT2D eigenvalue weighted by Crippen LogP contribution is 2.19. The van der Waals surface area contributed by atoms with Gasteiger partial charge in [-0.2, -0.15) is 0 Å². The minimum absolute atomic E-state index is 0.0361. The van der Waals surface area contributed by atoms with E-state index in [-0.39, 0.29) is 24.2 Å². The van der Waals surface area contributed by atoms with Gasteiger partial charge in [-0.15, -0.1) is 11.3 Å². The fourth-order valence-electron chi connectivity index (χ4n) is 2.18. The molecule has 2 rings (SSSR count). The Morgan fingerprint density at radius 3 is 2.58 bits per heavy atom. The molecule has 0 unspecified atom stereocenters. The molecule has 0 aliphatic rings. The van der Waals surface area contributed by atoms with Crippen LogP contribution in [0.3, 0.4) is 0 Å². The first-order chi connectivity index (χ1) is 11.5. The van der Waals surface area contributed by atoms with E-state index in [0.717, 1.165) is 10.6 Å². The van der Waals surface area contributed by atoms with E-state index in [2.05, 4.69) is 10.3 Å². The van der Waals surface area contributed by atoms with Crippen LogP contribution in [-0.4, -0.2) is 41.3 Å². The van der Waals surface area contributed by atoms with Crippen molar-refractivity contribution >= 4 is 23.2 Å². The van der Waals surface area contributed by atoms with Crippen molar-refractivity contribution in [3.63, 3.8) is 0 Å². The van der Waals surface area contributed by atoms with E-state index in [1.54, 1.807) is 12.1 Å². The monoisotopic (exact) mass is 349 g/mol. The third-order valence-electron chi connectivity index (χ3n) is 3.41. The zero-order chi connectivity index (χ0) is 17.5. The molecule has 128 valence electrons. The smallest absolute Gasteiger partial charge is 0.266 e. The van der Waals surface area contributed by atoms with Crippen molar-refractivity contribution < 1.29 is 14.0 Å². The zero-order valence-electron chi connectivity index (χ0n) is 13.7. The molecule has 0 aliphatic heterocycles. The van der Waals surface area contributed by atoms with Crippen molar-refractivity contribution in [2.24, 2.45) is 0 Å². The molecule has 0 aliphatic carbocycles. The lowest BCUT2D eigenvalue weighted by molar-refractivity contribution is -0.121. The summed E-state index contributed by atoms with van der Waals surface area (Å²) < 4.78 is 12.9. The summed E-state index contributed by atoms with van der Waals surface area (Å²) in [4.78, 5) is 30.4. The number of halogens is 1. The van der Waals surface area contributed by atoms with Gasteiger partial charge in [0.15, 0.2) is 0 Å². The van der Waals surface area contributed by atoms with Crippen LogP contribution in [0.5, 0.6) is 0 Å². The molecule has 24 heavy (non-hydrogen) atoms. The van der Waals surface area contributed by atoms with Crippen molar-refractivity contribution in [1.29, 1.82) is 0 Å². The van der Waals surface area contributed by atoms with Gasteiger partial charge in [0.1, 0.15) is 10.7 Å². The van der Waals surface area contributed by atoms with E-state index in [0.29, 0.717) is 24.4 Å². The van der Waals surface area contributed by atoms with E-state index < -0.39 is 0 Å². The molecule has 0 spiro atoms. The van der Waals surface area contributed by atoms with E-state index in [9.17, 15) is 14.0 Å². The standard InChI is InChI=1S/C17H20FN3O2S/c1-3-19-15(22)11-21(4-2)17(23)14-10-20-16(24-14)9-12-5-7-13(18)8-6-12/h5-8,10H,3-4,9,11H2,1-2H3,(H,19,22). The largest absolute Gasteiger partial charge is 0.355 e. The number of carbonyl (C=O) groups is 2. The first-order valence-corrected chi connectivity index (χ1v) is 8.60. The molecule has 0 saturated heterocycles. The number of likely N-dealkylation sites (N-methyl/N-ethyl adjacent to an activating group) is 2. The molecular formula is C17H20FN3O2S. The molecule has 7 heteroatoms. The molecule has 2 amide bonds. The molecule has 0 radical (unpaired) electrons. The zero-order valence-corrected chi connectivity index (χ0v) is 14.5. The molecule has 0 fully saturated rings. The van der Waals surface area contributed by atoms with Crippen LogP contribution in [0.1, 0.15) is 34.1 Å². The summed E-state index contributed by atoms with van der Waals surface area (Å²) in [6.45, 7) is 4.68. The SMILES string of the molecule is CCNC(=O)CN(CC)C(=O)c1cnc(Cc2ccc(F)cc2)s1. The molecule has 1 aromatic carbocycles. The molecule has 1 N–H and O–H groups in total. The van der Waals surface area contributed by atoms with Gasteiger partial charge in [0.25, 0.3) is 5.91 Å². The van der Waals surface area contributed by atoms with Crippen LogP contribution in [-0.2, 0) is 11.2 Å². The van der Waals surface area contributed by atoms with Gasteiger partial charge in [-0.3, -0.25) is 9.59 Å². The second-order valence-corrected chi connectivity index (χ2v) is 6.31. The highest BCUT2D eigenvalue weighted by atomic mass is 32.1. The molecule has 2 aromatic rings. The third kappa shape index (κ3) is 4.86. The number of hydrogen-bond donors (Lipinski definition) is 1. The predicted molar refractivity (Wildman–Crippen MR) is 91.6 cm³/mol. The van der Waals surface area contributed by atoms with Gasteiger partial charge in [0.2, 0.25) is 5.91 Å². The topological polar surface area (TPSA) is 62.3 Å². The molecule has 0 bridgehead atoms. The summed E-state index contributed by atoms with van der Waals surface area (Å²) in [5, 5.41) is 3.46. The number of aromatic nitrogens is 1. The number of hydrogen-bond acceptors (Lipinski definition) is 4. The Kier molecular flexibility index (Phi) is 6.43. The van der Waals surface area contributed by atoms with Crippen molar-refractivity contribution in [3.8, 4) is 0 Å². The Labute approximate surface area is 144 Å². The quantitative estimate of drug-likeness (QED) is 0.835. The van der Waals surface area contributed by atoms with E-state index in [1.807, 2.05) is 13.8 Å². The molecule has 1 heterocycles. The fraction of sp³-hybridized carbons (Fsp3) is 0.353. The molecule has 1 aromatic heterocycles. The van der Waals surface area contributed by atoms with Crippen LogP contribution in [0.2, 0.25) is 0 Å². The molecular weight excluding hydrogens is 329 g/mol. The van der Waals surface area contributed by atoms with E-state index >= 15 is 0 Å². The Morgan fingerprint density at radius 2 is 1.96 bits per heavy atom. The van der Waals surface area contributed by atoms with Crippen LogP contribution < -0.4 is 5.32 Å². The number of benzene rings is 1. The van der Waals surface area contributed by atoms with Gasteiger partial charge in [0, 0.05) is 19.5 Å². The first-order valence-electron chi connectivity index (χ1n) is 7.78. The maximum Gasteiger partial charge on any atom is 0.266 e. The van der Waals surface area contributed by atoms with Gasteiger partial charge in [-0.05, 0) is 31.5 Å². The number of rotatable bonds is 7. The Bertz CT molecular complexity index is 700. The number of amides is 2. The van der Waals surface area contributed by atoms with Crippen LogP contribution in [0.15, 0.2) is 30.5 Å². The molecule has 0 atom stereocenters. The Balaban J connectivity index is 2.03. The number of nitrogens with zero attached hydrogens (tertiary/aromatic N) is 2. The summed E-state index contributed by atoms with van der Waals surface area (Å²) in [6.07, 6.45) is 2.08. The number of carbonyl (C=O) groups excluding carboxylic acids is 2. The van der Waals surface area contributed by atoms with E-state index in [1.165, 1.54) is 34.6 Å². The maximum absolute atomic E-state index is 12.9. The van der Waals surface area contributed by atoms with Gasteiger partial charge in [-0.1, -0.05) is 12.1 Å². The molecule has 5 nitrogen and oxygen atoms in total. The lowest BCUT2D eigenvalue weighted by Crippen LogP contribution is -2.40. The van der Waals surface area contributed by atoms with Crippen molar-refractivity contribution in [1.82, 2.24) is 15.2 Å². The Hall–Kier alpha value is -2.28. The van der Waals surface area contributed by atoms with Crippen LogP contribution in [0.4, 0.5) is 4.39 Å². The van der Waals surface area contributed by atoms with Crippen molar-refractivity contribution in [2.75, 3.05) is 19.6 Å². The highest BCUT2D eigenvalue weighted by molar-refractivity contribution is 7.13. The van der Waals surface area contributed by atoms with Gasteiger partial charge in [-0.25, -0.2) is 9.37 Å². The van der Waals surface area contributed by atoms with Crippen molar-refractivity contribution in [2.45, 2.75) is 20.3 Å². The minimum atomic E-state index is -0.280. The summed E-state index contributed by atoms with van der Waals surface area (Å²) in [5.74, 6) is -0.659. The first kappa shape index (κ1) is 18.1. The van der Waals surface area contributed by atoms with Crippen LogP contribution in [0, 0.1) is 5.82 Å². The third-order valence-corrected chi connectivity index (χ3v) is 4.40. The summed E-state index contributed by atoms with van der Waals surface area (Å²) in [5.41, 5.74) is 0.930. The summed E-state index contributed by atoms with van der Waals surface area (Å²) in [6, 6.07) is 6.21. The fourth-order valence-corrected chi connectivity index (χ4v) is 3.10. The summed E-state index contributed by atoms with van der Waals surface area (Å²) in [7, 11) is 0. The average Bonchev–Trinajstić information content (AvgIpc) is 3.03. The average molecular weight is 349 g/mol. The Morgan fingerprint density at radius 1 is 1.25 bits per heavy atom. The van der Waals surface area contributed by atoms with Gasteiger partial charge in [0.05, 0.1) is 17.7 Å². The van der Waals surface area contributed by atoms with Gasteiger partial charge >= 0.3 is 0 Å². The minimum Gasteiger partial charge on any atom is -0.355 e.